The first kappa shape index (κ1) is 18.9. The molecule has 0 aliphatic rings. The molecule has 1 aromatic heterocycles. The topological polar surface area (TPSA) is 88.0 Å². The number of thioether (sulfide) groups is 1. The van der Waals surface area contributed by atoms with Crippen LogP contribution in [-0.4, -0.2) is 29.4 Å². The lowest BCUT2D eigenvalue weighted by atomic mass is 9.94. The van der Waals surface area contributed by atoms with Gasteiger partial charge in [-0.25, -0.2) is 4.98 Å². The molecule has 132 valence electrons. The molecule has 1 unspecified atom stereocenters. The molecular formula is C18H21N3O3S. The smallest absolute Gasteiger partial charge is 0.254 e. The fourth-order valence-corrected chi connectivity index (χ4v) is 3.13. The van der Waals surface area contributed by atoms with Gasteiger partial charge in [-0.2, -0.15) is 5.26 Å². The van der Waals surface area contributed by atoms with E-state index in [1.807, 2.05) is 13.8 Å². The summed E-state index contributed by atoms with van der Waals surface area (Å²) in [4.78, 5) is 19.6. The molecule has 0 bridgehead atoms. The minimum absolute atomic E-state index is 0.233. The Labute approximate surface area is 151 Å². The monoisotopic (exact) mass is 359 g/mol. The van der Waals surface area contributed by atoms with Gasteiger partial charge in [0, 0.05) is 16.9 Å². The maximum absolute atomic E-state index is 12.3. The van der Waals surface area contributed by atoms with Gasteiger partial charge >= 0.3 is 0 Å². The van der Waals surface area contributed by atoms with E-state index in [9.17, 15) is 10.1 Å². The van der Waals surface area contributed by atoms with Crippen LogP contribution in [0.4, 0.5) is 0 Å². The Balaban J connectivity index is 2.60. The summed E-state index contributed by atoms with van der Waals surface area (Å²) in [6.07, 6.45) is 0. The number of aromatic amines is 1. The second-order valence-electron chi connectivity index (χ2n) is 5.76. The lowest BCUT2D eigenvalue weighted by Crippen LogP contribution is -2.18. The van der Waals surface area contributed by atoms with E-state index in [0.29, 0.717) is 33.5 Å². The number of hydrogen-bond donors (Lipinski definition) is 1. The SMILES string of the molecule is COc1cc(OC)cc(C(C#N)c2nc(SC(C)C)[nH]c(=O)c2C)c1. The van der Waals surface area contributed by atoms with Crippen LogP contribution >= 0.6 is 11.8 Å². The number of methoxy groups -OCH3 is 2. The van der Waals surface area contributed by atoms with Crippen LogP contribution in [0.1, 0.15) is 36.6 Å². The molecule has 0 saturated heterocycles. The largest absolute Gasteiger partial charge is 0.497 e. The van der Waals surface area contributed by atoms with Crippen molar-refractivity contribution in [1.29, 1.82) is 5.26 Å². The molecule has 2 rings (SSSR count). The van der Waals surface area contributed by atoms with Crippen molar-refractivity contribution in [2.24, 2.45) is 0 Å². The van der Waals surface area contributed by atoms with Gasteiger partial charge in [0.2, 0.25) is 0 Å². The summed E-state index contributed by atoms with van der Waals surface area (Å²) < 4.78 is 10.6. The summed E-state index contributed by atoms with van der Waals surface area (Å²) in [6.45, 7) is 5.70. The maximum Gasteiger partial charge on any atom is 0.254 e. The predicted molar refractivity (Wildman–Crippen MR) is 97.6 cm³/mol. The van der Waals surface area contributed by atoms with Crippen LogP contribution in [0.3, 0.4) is 0 Å². The van der Waals surface area contributed by atoms with Crippen LogP contribution in [0.15, 0.2) is 28.2 Å². The third-order valence-electron chi connectivity index (χ3n) is 3.62. The van der Waals surface area contributed by atoms with Gasteiger partial charge in [0.05, 0.1) is 26.0 Å². The van der Waals surface area contributed by atoms with E-state index in [4.69, 9.17) is 9.47 Å². The van der Waals surface area contributed by atoms with Gasteiger partial charge in [-0.05, 0) is 24.6 Å². The number of nitriles is 1. The number of benzene rings is 1. The highest BCUT2D eigenvalue weighted by Gasteiger charge is 2.22. The zero-order valence-corrected chi connectivity index (χ0v) is 15.7. The van der Waals surface area contributed by atoms with Crippen LogP contribution < -0.4 is 15.0 Å². The number of nitrogens with one attached hydrogen (secondary N) is 1. The maximum atomic E-state index is 12.3. The Kier molecular flexibility index (Phi) is 6.10. The Bertz CT molecular complexity index is 833. The number of ether oxygens (including phenoxy) is 2. The Hall–Kier alpha value is -2.46. The second-order valence-corrected chi connectivity index (χ2v) is 7.32. The van der Waals surface area contributed by atoms with Crippen molar-refractivity contribution in [3.8, 4) is 17.6 Å². The fourth-order valence-electron chi connectivity index (χ4n) is 2.38. The molecule has 0 amide bonds. The number of rotatable bonds is 6. The van der Waals surface area contributed by atoms with Crippen LogP contribution in [0.25, 0.3) is 0 Å². The normalized spacial score (nSPS) is 11.9. The van der Waals surface area contributed by atoms with Crippen molar-refractivity contribution >= 4 is 11.8 Å². The van der Waals surface area contributed by atoms with Crippen LogP contribution in [0, 0.1) is 18.3 Å². The molecule has 0 spiro atoms. The molecule has 0 radical (unpaired) electrons. The van der Waals surface area contributed by atoms with E-state index in [-0.39, 0.29) is 10.8 Å². The molecule has 1 atom stereocenters. The predicted octanol–water partition coefficient (Wildman–Crippen LogP) is 3.25. The lowest BCUT2D eigenvalue weighted by Gasteiger charge is -2.15. The highest BCUT2D eigenvalue weighted by molar-refractivity contribution is 7.99. The summed E-state index contributed by atoms with van der Waals surface area (Å²) in [5.74, 6) is 0.459. The number of H-pyrrole nitrogens is 1. The van der Waals surface area contributed by atoms with Crippen molar-refractivity contribution in [2.45, 2.75) is 37.1 Å². The van der Waals surface area contributed by atoms with Gasteiger partial charge in [-0.3, -0.25) is 4.79 Å². The highest BCUT2D eigenvalue weighted by atomic mass is 32.2. The van der Waals surface area contributed by atoms with E-state index < -0.39 is 5.92 Å². The Morgan fingerprint density at radius 2 is 1.80 bits per heavy atom. The van der Waals surface area contributed by atoms with Gasteiger partial charge in [-0.1, -0.05) is 25.6 Å². The zero-order valence-electron chi connectivity index (χ0n) is 14.9. The van der Waals surface area contributed by atoms with E-state index in [2.05, 4.69) is 16.0 Å². The fraction of sp³-hybridized carbons (Fsp3) is 0.389. The van der Waals surface area contributed by atoms with E-state index in [1.165, 1.54) is 11.8 Å². The molecule has 7 heteroatoms. The molecule has 2 aromatic rings. The molecule has 0 saturated carbocycles. The average Bonchev–Trinajstić information content (AvgIpc) is 2.58. The molecule has 0 aliphatic heterocycles. The summed E-state index contributed by atoms with van der Waals surface area (Å²) >= 11 is 1.45. The average molecular weight is 359 g/mol. The minimum Gasteiger partial charge on any atom is -0.497 e. The minimum atomic E-state index is -0.696. The summed E-state index contributed by atoms with van der Waals surface area (Å²) in [5, 5.41) is 10.5. The van der Waals surface area contributed by atoms with E-state index >= 15 is 0 Å². The van der Waals surface area contributed by atoms with Gasteiger partial charge < -0.3 is 14.5 Å². The Morgan fingerprint density at radius 1 is 1.20 bits per heavy atom. The summed E-state index contributed by atoms with van der Waals surface area (Å²) in [5.41, 5.74) is 1.31. The van der Waals surface area contributed by atoms with Crippen LogP contribution in [0.2, 0.25) is 0 Å². The molecule has 1 aromatic carbocycles. The molecule has 1 N–H and O–H groups in total. The van der Waals surface area contributed by atoms with Crippen LogP contribution in [-0.2, 0) is 0 Å². The van der Waals surface area contributed by atoms with Crippen LogP contribution in [0.5, 0.6) is 11.5 Å². The lowest BCUT2D eigenvalue weighted by molar-refractivity contribution is 0.393. The third kappa shape index (κ3) is 4.34. The molecule has 1 heterocycles. The first-order chi connectivity index (χ1) is 11.9. The van der Waals surface area contributed by atoms with Crippen molar-refractivity contribution in [3.05, 3.63) is 45.4 Å². The van der Waals surface area contributed by atoms with Crippen molar-refractivity contribution in [2.75, 3.05) is 14.2 Å². The van der Waals surface area contributed by atoms with Crippen molar-refractivity contribution in [3.63, 3.8) is 0 Å². The summed E-state index contributed by atoms with van der Waals surface area (Å²) in [6, 6.07) is 7.50. The number of nitrogens with zero attached hydrogens (tertiary/aromatic N) is 2. The first-order valence-electron chi connectivity index (χ1n) is 7.79. The zero-order chi connectivity index (χ0) is 18.6. The first-order valence-corrected chi connectivity index (χ1v) is 8.67. The standard InChI is InChI=1S/C18H21N3O3S/c1-10(2)25-18-20-16(11(3)17(22)21-18)15(9-19)12-6-13(23-4)8-14(7-12)24-5/h6-8,10,15H,1-5H3,(H,20,21,22). The summed E-state index contributed by atoms with van der Waals surface area (Å²) in [7, 11) is 3.10. The van der Waals surface area contributed by atoms with Gasteiger partial charge in [0.25, 0.3) is 5.56 Å². The van der Waals surface area contributed by atoms with Gasteiger partial charge in [0.1, 0.15) is 17.4 Å². The molecule has 25 heavy (non-hydrogen) atoms. The molecule has 0 aliphatic carbocycles. The van der Waals surface area contributed by atoms with E-state index in [0.717, 1.165) is 0 Å². The Morgan fingerprint density at radius 3 is 2.28 bits per heavy atom. The second kappa shape index (κ2) is 8.08. The van der Waals surface area contributed by atoms with Gasteiger partial charge in [-0.15, -0.1) is 0 Å². The van der Waals surface area contributed by atoms with E-state index in [1.54, 1.807) is 39.3 Å². The van der Waals surface area contributed by atoms with Crippen molar-refractivity contribution < 1.29 is 9.47 Å². The third-order valence-corrected chi connectivity index (χ3v) is 4.51. The highest BCUT2D eigenvalue weighted by Crippen LogP contribution is 2.32. The molecular weight excluding hydrogens is 338 g/mol. The number of aromatic nitrogens is 2. The number of hydrogen-bond acceptors (Lipinski definition) is 6. The van der Waals surface area contributed by atoms with Crippen molar-refractivity contribution in [1.82, 2.24) is 9.97 Å². The molecule has 0 fully saturated rings. The van der Waals surface area contributed by atoms with Gasteiger partial charge in [0.15, 0.2) is 5.16 Å². The quantitative estimate of drug-likeness (QED) is 0.629. The molecule has 6 nitrogen and oxygen atoms in total.